The van der Waals surface area contributed by atoms with Crippen molar-refractivity contribution in [3.63, 3.8) is 0 Å². The smallest absolute Gasteiger partial charge is 0.250 e. The number of phenols is 1. The molecule has 0 aliphatic carbocycles. The summed E-state index contributed by atoms with van der Waals surface area (Å²) >= 11 is 0. The first-order valence-electron chi connectivity index (χ1n) is 23.5. The number of aromatic hydroxyl groups is 1. The number of carbonyl (C=O) groups excluding carboxylic acids is 11. The van der Waals surface area contributed by atoms with Crippen molar-refractivity contribution in [2.24, 2.45) is 22.9 Å². The lowest BCUT2D eigenvalue weighted by atomic mass is 10.0. The molecule has 2 aliphatic heterocycles. The third-order valence-corrected chi connectivity index (χ3v) is 14.0. The fraction of sp³-hybridized carbons (Fsp3) is 0.500. The molecule has 2 saturated heterocycles. The van der Waals surface area contributed by atoms with Crippen molar-refractivity contribution in [2.75, 3.05) is 31.1 Å². The molecular weight excluding hydrogens is 993 g/mol. The third-order valence-electron chi connectivity index (χ3n) is 11.6. The molecule has 398 valence electrons. The number of carbonyl (C=O) groups is 11. The van der Waals surface area contributed by atoms with Crippen LogP contribution in [0, 0.1) is 0 Å². The van der Waals surface area contributed by atoms with Crippen LogP contribution in [0.15, 0.2) is 54.6 Å². The van der Waals surface area contributed by atoms with Gasteiger partial charge in [-0.05, 0) is 68.3 Å². The van der Waals surface area contributed by atoms with Crippen LogP contribution in [0.3, 0.4) is 0 Å². The zero-order chi connectivity index (χ0) is 53.6. The Morgan fingerprint density at radius 1 is 0.699 bits per heavy atom. The van der Waals surface area contributed by atoms with Crippen molar-refractivity contribution in [1.29, 1.82) is 0 Å². The molecule has 2 heterocycles. The van der Waals surface area contributed by atoms with Crippen LogP contribution >= 0.6 is 21.6 Å². The number of nitrogens with zero attached hydrogens (tertiary/aromatic N) is 1. The molecule has 0 aromatic heterocycles. The van der Waals surface area contributed by atoms with Crippen LogP contribution in [0.4, 0.5) is 0 Å². The van der Waals surface area contributed by atoms with Gasteiger partial charge in [0, 0.05) is 37.3 Å². The van der Waals surface area contributed by atoms with Gasteiger partial charge in [0.25, 0.3) is 0 Å². The van der Waals surface area contributed by atoms with Gasteiger partial charge >= 0.3 is 0 Å². The molecule has 27 heteroatoms. The average molecular weight is 1060 g/mol. The summed E-state index contributed by atoms with van der Waals surface area (Å²) in [6.07, 6.45) is -2.34. The fourth-order valence-corrected chi connectivity index (χ4v) is 9.98. The molecule has 2 fully saturated rings. The van der Waals surface area contributed by atoms with Gasteiger partial charge in [-0.25, -0.2) is 0 Å². The van der Waals surface area contributed by atoms with E-state index >= 15 is 0 Å². The van der Waals surface area contributed by atoms with E-state index in [1.165, 1.54) is 29.2 Å². The first-order valence-corrected chi connectivity index (χ1v) is 25.9. The van der Waals surface area contributed by atoms with Crippen LogP contribution in [0.5, 0.6) is 5.75 Å². The monoisotopic (exact) mass is 1060 g/mol. The van der Waals surface area contributed by atoms with E-state index in [0.29, 0.717) is 36.9 Å². The van der Waals surface area contributed by atoms with Gasteiger partial charge < -0.3 is 75.3 Å². The van der Waals surface area contributed by atoms with E-state index < -0.39 is 139 Å². The standard InChI is InChI=1S/C46H64N12O13S2/c47-17-5-4-9-28(39(64)51-22-38(50)63)53-44(69)34-10-6-18-58(34)46(71)33-23-72-73-24-35(60)45(70)56-31(20-26-11-13-27(59)14-12-26)42(67)54-30(19-25-7-2-1-3-8-25)41(66)52-29(15-16-36(48)61)40(65)55-32(21-37(49)62)43(68)57-33/h1-3,7-8,11-14,28-35,59-60H,4-6,9-10,15-24,47H2,(H2,48,61)(H2,49,62)(H2,50,63)(H,51,64)(H,52,66)(H,53,69)(H,54,67)(H,55,65)(H,56,70)(H,57,68)/t28-,29?,30?,31?,32?,33?,34-,35?/m0/s1. The Hall–Kier alpha value is -6.97. The Kier molecular flexibility index (Phi) is 23.7. The number of nitrogens with one attached hydrogen (secondary N) is 7. The number of aliphatic hydroxyl groups excluding tert-OH is 1. The quantitative estimate of drug-likeness (QED) is 0.0468. The number of benzene rings is 2. The lowest BCUT2D eigenvalue weighted by Gasteiger charge is -2.31. The zero-order valence-electron chi connectivity index (χ0n) is 39.9. The SMILES string of the molecule is NCCCC[C@H](NC(=O)[C@@H]1CCCN1C(=O)C1CSSCC(O)C(=O)NC(Cc2ccc(O)cc2)C(=O)NC(Cc2ccccc2)C(=O)NC(CCC(N)=O)C(=O)NC(CC(N)=O)C(=O)N1)C(=O)NCC(N)=O. The molecule has 17 N–H and O–H groups in total. The van der Waals surface area contributed by atoms with Gasteiger partial charge in [0.15, 0.2) is 0 Å². The maximum atomic E-state index is 14.5. The Morgan fingerprint density at radius 3 is 1.89 bits per heavy atom. The number of likely N-dealkylation sites (tertiary alicyclic amines) is 1. The van der Waals surface area contributed by atoms with Gasteiger partial charge in [0.05, 0.1) is 13.0 Å². The highest BCUT2D eigenvalue weighted by molar-refractivity contribution is 8.76. The number of unbranched alkanes of at least 4 members (excludes halogenated alkanes) is 1. The Balaban J connectivity index is 1.71. The number of hydrogen-bond acceptors (Lipinski definition) is 16. The molecule has 0 bridgehead atoms. The summed E-state index contributed by atoms with van der Waals surface area (Å²) in [5.74, 6) is -10.7. The van der Waals surface area contributed by atoms with Crippen molar-refractivity contribution in [2.45, 2.75) is 113 Å². The molecule has 25 nitrogen and oxygen atoms in total. The van der Waals surface area contributed by atoms with Gasteiger partial charge in [0.1, 0.15) is 54.1 Å². The second-order valence-corrected chi connectivity index (χ2v) is 19.9. The highest BCUT2D eigenvalue weighted by Crippen LogP contribution is 2.26. The number of primary amides is 3. The minimum atomic E-state index is -1.80. The molecule has 11 amide bonds. The second-order valence-electron chi connectivity index (χ2n) is 17.3. The molecule has 2 aliphatic rings. The molecule has 0 radical (unpaired) electrons. The van der Waals surface area contributed by atoms with Crippen LogP contribution in [0.1, 0.15) is 62.5 Å². The van der Waals surface area contributed by atoms with E-state index in [1.807, 2.05) is 0 Å². The third kappa shape index (κ3) is 19.5. The van der Waals surface area contributed by atoms with E-state index in [4.69, 9.17) is 22.9 Å². The highest BCUT2D eigenvalue weighted by Gasteiger charge is 2.40. The lowest BCUT2D eigenvalue weighted by Crippen LogP contribution is -2.61. The average Bonchev–Trinajstić information content (AvgIpc) is 3.85. The molecule has 4 rings (SSSR count). The van der Waals surface area contributed by atoms with Gasteiger partial charge in [-0.1, -0.05) is 64.1 Å². The van der Waals surface area contributed by atoms with Crippen LogP contribution in [0.25, 0.3) is 0 Å². The van der Waals surface area contributed by atoms with Gasteiger partial charge in [-0.3, -0.25) is 52.7 Å². The number of phenolic OH excluding ortho intramolecular Hbond substituents is 1. The van der Waals surface area contributed by atoms with E-state index in [9.17, 15) is 63.0 Å². The molecule has 2 aromatic rings. The molecule has 6 unspecified atom stereocenters. The summed E-state index contributed by atoms with van der Waals surface area (Å²) in [7, 11) is 1.82. The Labute approximate surface area is 428 Å². The number of rotatable bonds is 19. The Bertz CT molecular complexity index is 2300. The number of nitrogens with two attached hydrogens (primary N) is 4. The molecule has 8 atom stereocenters. The summed E-state index contributed by atoms with van der Waals surface area (Å²) in [6, 6.07) is 3.95. The van der Waals surface area contributed by atoms with Gasteiger partial charge in [0.2, 0.25) is 65.0 Å². The minimum Gasteiger partial charge on any atom is -0.508 e. The maximum absolute atomic E-state index is 14.5. The molecule has 2 aromatic carbocycles. The van der Waals surface area contributed by atoms with Crippen molar-refractivity contribution >= 4 is 86.6 Å². The van der Waals surface area contributed by atoms with E-state index in [0.717, 1.165) is 21.6 Å². The largest absolute Gasteiger partial charge is 0.508 e. The van der Waals surface area contributed by atoms with Gasteiger partial charge in [-0.15, -0.1) is 0 Å². The number of aliphatic hydroxyl groups is 1. The summed E-state index contributed by atoms with van der Waals surface area (Å²) in [4.78, 5) is 149. The normalized spacial score (nSPS) is 23.0. The number of amides is 11. The van der Waals surface area contributed by atoms with E-state index in [1.54, 1.807) is 30.3 Å². The van der Waals surface area contributed by atoms with Gasteiger partial charge in [-0.2, -0.15) is 0 Å². The minimum absolute atomic E-state index is 0.0124. The Morgan fingerprint density at radius 2 is 1.27 bits per heavy atom. The first-order chi connectivity index (χ1) is 34.8. The summed E-state index contributed by atoms with van der Waals surface area (Å²) < 4.78 is 0. The van der Waals surface area contributed by atoms with Crippen molar-refractivity contribution in [1.82, 2.24) is 42.1 Å². The lowest BCUT2D eigenvalue weighted by molar-refractivity contribution is -0.142. The number of hydrogen-bond donors (Lipinski definition) is 13. The molecule has 0 spiro atoms. The summed E-state index contributed by atoms with van der Waals surface area (Å²) in [5.41, 5.74) is 22.8. The summed E-state index contributed by atoms with van der Waals surface area (Å²) in [6.45, 7) is -0.182. The second kappa shape index (κ2) is 29.5. The van der Waals surface area contributed by atoms with Crippen molar-refractivity contribution < 1.29 is 63.0 Å². The first kappa shape index (κ1) is 58.6. The fourth-order valence-electron chi connectivity index (χ4n) is 7.77. The van der Waals surface area contributed by atoms with Crippen LogP contribution in [0.2, 0.25) is 0 Å². The molecule has 73 heavy (non-hydrogen) atoms. The van der Waals surface area contributed by atoms with Crippen LogP contribution < -0.4 is 60.2 Å². The maximum Gasteiger partial charge on any atom is 0.250 e. The predicted molar refractivity (Wildman–Crippen MR) is 267 cm³/mol. The zero-order valence-corrected chi connectivity index (χ0v) is 41.5. The van der Waals surface area contributed by atoms with Crippen LogP contribution in [-0.2, 0) is 65.6 Å². The van der Waals surface area contributed by atoms with E-state index in [2.05, 4.69) is 37.2 Å². The topological polar surface area (TPSA) is 420 Å². The van der Waals surface area contributed by atoms with Crippen molar-refractivity contribution in [3.8, 4) is 5.75 Å². The molecular formula is C46H64N12O13S2. The predicted octanol–water partition coefficient (Wildman–Crippen LogP) is -4.30. The highest BCUT2D eigenvalue weighted by atomic mass is 33.1. The molecule has 0 saturated carbocycles. The van der Waals surface area contributed by atoms with E-state index in [-0.39, 0.29) is 49.5 Å². The van der Waals surface area contributed by atoms with Crippen LogP contribution in [-0.4, -0.2) is 160 Å². The summed E-state index contributed by atoms with van der Waals surface area (Å²) in [5, 5.41) is 38.6. The van der Waals surface area contributed by atoms with Crippen molar-refractivity contribution in [3.05, 3.63) is 65.7 Å².